The predicted octanol–water partition coefficient (Wildman–Crippen LogP) is 1.28. The first-order chi connectivity index (χ1) is 9.22. The van der Waals surface area contributed by atoms with E-state index in [4.69, 9.17) is 0 Å². The van der Waals surface area contributed by atoms with E-state index in [9.17, 15) is 4.79 Å². The number of amides is 1. The normalized spacial score (nSPS) is 9.90. The van der Waals surface area contributed by atoms with Gasteiger partial charge >= 0.3 is 0 Å². The lowest BCUT2D eigenvalue weighted by Gasteiger charge is -2.02. The maximum atomic E-state index is 12.0. The van der Waals surface area contributed by atoms with Crippen LogP contribution >= 0.6 is 23.7 Å². The van der Waals surface area contributed by atoms with Gasteiger partial charge in [-0.05, 0) is 20.0 Å². The molecule has 2 rings (SSSR count). The Morgan fingerprint density at radius 2 is 2.00 bits per heavy atom. The van der Waals surface area contributed by atoms with Crippen LogP contribution in [-0.2, 0) is 0 Å². The average Bonchev–Trinajstić information content (AvgIpc) is 2.82. The molecule has 0 aliphatic heterocycles. The van der Waals surface area contributed by atoms with Gasteiger partial charge in [0, 0.05) is 25.5 Å². The summed E-state index contributed by atoms with van der Waals surface area (Å²) in [6.07, 6.45) is 3.32. The highest BCUT2D eigenvalue weighted by atomic mass is 35.5. The van der Waals surface area contributed by atoms with Gasteiger partial charge in [0.05, 0.1) is 5.69 Å². The molecule has 20 heavy (non-hydrogen) atoms. The van der Waals surface area contributed by atoms with Gasteiger partial charge in [0.15, 0.2) is 10.8 Å². The number of rotatable bonds is 5. The van der Waals surface area contributed by atoms with Gasteiger partial charge in [-0.25, -0.2) is 15.0 Å². The van der Waals surface area contributed by atoms with Gasteiger partial charge in [-0.1, -0.05) is 0 Å². The van der Waals surface area contributed by atoms with Crippen molar-refractivity contribution in [1.29, 1.82) is 0 Å². The van der Waals surface area contributed by atoms with Gasteiger partial charge in [0.2, 0.25) is 0 Å². The van der Waals surface area contributed by atoms with Crippen LogP contribution in [0.4, 0.5) is 0 Å². The van der Waals surface area contributed by atoms with Crippen LogP contribution in [0.1, 0.15) is 15.4 Å². The molecule has 0 radical (unpaired) electrons. The molecule has 0 aliphatic rings. The number of aryl methyl sites for hydroxylation is 1. The first-order valence-electron chi connectivity index (χ1n) is 5.90. The monoisotopic (exact) mass is 313 g/mol. The molecule has 0 spiro atoms. The number of carbonyl (C=O) groups excluding carboxylic acids is 1. The van der Waals surface area contributed by atoms with Crippen LogP contribution in [0.5, 0.6) is 0 Å². The predicted molar refractivity (Wildman–Crippen MR) is 81.4 cm³/mol. The summed E-state index contributed by atoms with van der Waals surface area (Å²) in [7, 11) is 1.84. The molecule has 0 unspecified atom stereocenters. The number of likely N-dealkylation sites (N-methyl/N-ethyl adjacent to an activating group) is 1. The molecule has 0 aliphatic carbocycles. The lowest BCUT2D eigenvalue weighted by molar-refractivity contribution is 0.0957. The fraction of sp³-hybridized carbons (Fsp3) is 0.333. The van der Waals surface area contributed by atoms with Crippen LogP contribution < -0.4 is 10.6 Å². The fourth-order valence-electron chi connectivity index (χ4n) is 1.49. The molecule has 8 heteroatoms. The molecule has 0 atom stereocenters. The van der Waals surface area contributed by atoms with E-state index in [1.807, 2.05) is 14.0 Å². The van der Waals surface area contributed by atoms with Crippen LogP contribution in [0.3, 0.4) is 0 Å². The molecule has 2 aromatic heterocycles. The Bertz CT molecular complexity index is 560. The van der Waals surface area contributed by atoms with Gasteiger partial charge in [0.25, 0.3) is 5.91 Å². The average molecular weight is 314 g/mol. The second kappa shape index (κ2) is 7.88. The third-order valence-corrected chi connectivity index (χ3v) is 3.57. The van der Waals surface area contributed by atoms with Crippen molar-refractivity contribution in [3.63, 3.8) is 0 Å². The molecule has 2 aromatic rings. The molecular weight excluding hydrogens is 298 g/mol. The van der Waals surface area contributed by atoms with E-state index in [2.05, 4.69) is 25.6 Å². The summed E-state index contributed by atoms with van der Waals surface area (Å²) in [5, 5.41) is 6.47. The standard InChI is InChI=1S/C12H15N5OS.ClH/c1-8-9(11(18)16-7-6-13-2)19-12(17-8)10-14-4-3-5-15-10;/h3-5,13H,6-7H2,1-2H3,(H,16,18);1H. The number of hydrogen-bond donors (Lipinski definition) is 2. The molecule has 2 N–H and O–H groups in total. The van der Waals surface area contributed by atoms with Gasteiger partial charge in [-0.3, -0.25) is 4.79 Å². The molecule has 108 valence electrons. The Balaban J connectivity index is 0.00000200. The van der Waals surface area contributed by atoms with E-state index >= 15 is 0 Å². The van der Waals surface area contributed by atoms with Crippen molar-refractivity contribution < 1.29 is 4.79 Å². The molecule has 6 nitrogen and oxygen atoms in total. The molecule has 2 heterocycles. The van der Waals surface area contributed by atoms with Gasteiger partial charge in [-0.15, -0.1) is 23.7 Å². The van der Waals surface area contributed by atoms with Gasteiger partial charge < -0.3 is 10.6 Å². The molecular formula is C12H16ClN5OS. The number of halogens is 1. The van der Waals surface area contributed by atoms with Crippen molar-refractivity contribution in [1.82, 2.24) is 25.6 Å². The number of thiazole rings is 1. The van der Waals surface area contributed by atoms with Crippen LogP contribution in [0.25, 0.3) is 10.8 Å². The summed E-state index contributed by atoms with van der Waals surface area (Å²) in [6.45, 7) is 3.14. The largest absolute Gasteiger partial charge is 0.350 e. The van der Waals surface area contributed by atoms with Crippen molar-refractivity contribution >= 4 is 29.7 Å². The van der Waals surface area contributed by atoms with Crippen LogP contribution in [0.15, 0.2) is 18.5 Å². The Morgan fingerprint density at radius 3 is 2.65 bits per heavy atom. The van der Waals surface area contributed by atoms with Crippen molar-refractivity contribution in [2.75, 3.05) is 20.1 Å². The summed E-state index contributed by atoms with van der Waals surface area (Å²) >= 11 is 1.31. The zero-order chi connectivity index (χ0) is 13.7. The summed E-state index contributed by atoms with van der Waals surface area (Å²) in [4.78, 5) is 25.2. The molecule has 0 bridgehead atoms. The lowest BCUT2D eigenvalue weighted by atomic mass is 10.3. The van der Waals surface area contributed by atoms with Crippen LogP contribution in [0, 0.1) is 6.92 Å². The molecule has 0 aromatic carbocycles. The third-order valence-electron chi connectivity index (χ3n) is 2.42. The maximum Gasteiger partial charge on any atom is 0.263 e. The first-order valence-corrected chi connectivity index (χ1v) is 6.71. The minimum atomic E-state index is -0.104. The lowest BCUT2D eigenvalue weighted by Crippen LogP contribution is -2.30. The number of nitrogens with one attached hydrogen (secondary N) is 2. The third kappa shape index (κ3) is 3.96. The summed E-state index contributed by atoms with van der Waals surface area (Å²) in [6, 6.07) is 1.75. The Hall–Kier alpha value is -1.57. The molecule has 0 saturated carbocycles. The zero-order valence-electron chi connectivity index (χ0n) is 11.2. The number of aromatic nitrogens is 3. The summed E-state index contributed by atoms with van der Waals surface area (Å²) in [5.74, 6) is 0.442. The van der Waals surface area contributed by atoms with Crippen molar-refractivity contribution in [2.45, 2.75) is 6.92 Å². The highest BCUT2D eigenvalue weighted by molar-refractivity contribution is 7.17. The van der Waals surface area contributed by atoms with Crippen molar-refractivity contribution in [2.24, 2.45) is 0 Å². The minimum absolute atomic E-state index is 0. The number of hydrogen-bond acceptors (Lipinski definition) is 6. The Labute approximate surface area is 127 Å². The maximum absolute atomic E-state index is 12.0. The SMILES string of the molecule is CNCCNC(=O)c1sc(-c2ncccn2)nc1C.Cl. The second-order valence-electron chi connectivity index (χ2n) is 3.87. The smallest absolute Gasteiger partial charge is 0.263 e. The summed E-state index contributed by atoms with van der Waals surface area (Å²) < 4.78 is 0. The second-order valence-corrected chi connectivity index (χ2v) is 4.86. The van der Waals surface area contributed by atoms with Crippen LogP contribution in [-0.4, -0.2) is 41.0 Å². The van der Waals surface area contributed by atoms with E-state index in [-0.39, 0.29) is 18.3 Å². The van der Waals surface area contributed by atoms with Crippen LogP contribution in [0.2, 0.25) is 0 Å². The molecule has 0 fully saturated rings. The van der Waals surface area contributed by atoms with E-state index in [0.29, 0.717) is 27.9 Å². The highest BCUT2D eigenvalue weighted by Crippen LogP contribution is 2.24. The van der Waals surface area contributed by atoms with E-state index in [1.165, 1.54) is 11.3 Å². The van der Waals surface area contributed by atoms with Gasteiger partial charge in [-0.2, -0.15) is 0 Å². The van der Waals surface area contributed by atoms with E-state index in [1.54, 1.807) is 18.5 Å². The number of carbonyl (C=O) groups is 1. The molecule has 1 amide bonds. The topological polar surface area (TPSA) is 79.8 Å². The van der Waals surface area contributed by atoms with Gasteiger partial charge in [0.1, 0.15) is 4.88 Å². The Morgan fingerprint density at radius 1 is 1.30 bits per heavy atom. The van der Waals surface area contributed by atoms with Crippen molar-refractivity contribution in [3.8, 4) is 10.8 Å². The quantitative estimate of drug-likeness (QED) is 0.813. The minimum Gasteiger partial charge on any atom is -0.350 e. The zero-order valence-corrected chi connectivity index (χ0v) is 12.8. The highest BCUT2D eigenvalue weighted by Gasteiger charge is 2.16. The summed E-state index contributed by atoms with van der Waals surface area (Å²) in [5.41, 5.74) is 0.703. The Kier molecular flexibility index (Phi) is 6.50. The van der Waals surface area contributed by atoms with E-state index in [0.717, 1.165) is 6.54 Å². The van der Waals surface area contributed by atoms with Crippen molar-refractivity contribution in [3.05, 3.63) is 29.0 Å². The van der Waals surface area contributed by atoms with E-state index < -0.39 is 0 Å². The first kappa shape index (κ1) is 16.5. The fourth-order valence-corrected chi connectivity index (χ4v) is 2.42. The molecule has 0 saturated heterocycles. The number of nitrogens with zero attached hydrogens (tertiary/aromatic N) is 3.